The van der Waals surface area contributed by atoms with Gasteiger partial charge in [0.2, 0.25) is 5.16 Å². The highest BCUT2D eigenvalue weighted by molar-refractivity contribution is 7.84. The van der Waals surface area contributed by atoms with Gasteiger partial charge in [0.25, 0.3) is 0 Å². The monoisotopic (exact) mass is 322 g/mol. The molecule has 1 aliphatic carbocycles. The van der Waals surface area contributed by atoms with Gasteiger partial charge in [-0.1, -0.05) is 6.08 Å². The Kier molecular flexibility index (Phi) is 4.03. The number of aryl methyl sites for hydroxylation is 2. The van der Waals surface area contributed by atoms with Gasteiger partial charge < -0.3 is 0 Å². The summed E-state index contributed by atoms with van der Waals surface area (Å²) in [4.78, 5) is 5.45. The summed E-state index contributed by atoms with van der Waals surface area (Å²) in [5.41, 5.74) is 0.961. The predicted molar refractivity (Wildman–Crippen MR) is 83.9 cm³/mol. The molecule has 7 heteroatoms. The molecular weight excluding hydrogens is 304 g/mol. The van der Waals surface area contributed by atoms with Crippen molar-refractivity contribution < 1.29 is 4.21 Å². The number of thiazole rings is 1. The molecule has 2 heterocycles. The first-order valence-corrected chi connectivity index (χ1v) is 9.09. The smallest absolute Gasteiger partial charge is 0.222 e. The van der Waals surface area contributed by atoms with Gasteiger partial charge >= 0.3 is 0 Å². The molecule has 0 spiro atoms. The third kappa shape index (κ3) is 2.98. The lowest BCUT2D eigenvalue weighted by molar-refractivity contribution is 0.641. The molecule has 0 saturated heterocycles. The Balaban J connectivity index is 1.87. The third-order valence-electron chi connectivity index (χ3n) is 3.47. The van der Waals surface area contributed by atoms with E-state index < -0.39 is 10.8 Å². The summed E-state index contributed by atoms with van der Waals surface area (Å²) >= 11 is 1.60. The van der Waals surface area contributed by atoms with E-state index in [1.165, 1.54) is 0 Å². The molecular formula is C14H18N4OS2. The fourth-order valence-corrected chi connectivity index (χ4v) is 4.71. The normalized spacial score (nSPS) is 16.1. The Morgan fingerprint density at radius 2 is 2.19 bits per heavy atom. The topological polar surface area (TPSA) is 60.7 Å². The Bertz CT molecular complexity index is 700. The molecule has 2 aromatic heterocycles. The molecule has 1 aliphatic rings. The van der Waals surface area contributed by atoms with Crippen molar-refractivity contribution in [3.63, 3.8) is 0 Å². The van der Waals surface area contributed by atoms with Crippen LogP contribution in [-0.2, 0) is 23.1 Å². The molecule has 0 aromatic carbocycles. The lowest BCUT2D eigenvalue weighted by atomic mass is 10.4. The highest BCUT2D eigenvalue weighted by Crippen LogP contribution is 2.39. The lowest BCUT2D eigenvalue weighted by Crippen LogP contribution is -2.09. The summed E-state index contributed by atoms with van der Waals surface area (Å²) in [5.74, 6) is 1.89. The summed E-state index contributed by atoms with van der Waals surface area (Å²) in [7, 11) is -1.20. The number of hydrogen-bond acceptors (Lipinski definition) is 5. The maximum Gasteiger partial charge on any atom is 0.222 e. The number of rotatable bonds is 6. The first-order chi connectivity index (χ1) is 10.1. The first kappa shape index (κ1) is 14.6. The van der Waals surface area contributed by atoms with Gasteiger partial charge in [0.1, 0.15) is 5.82 Å². The quantitative estimate of drug-likeness (QED) is 0.767. The zero-order chi connectivity index (χ0) is 15.0. The fraction of sp³-hybridized carbons (Fsp3) is 0.500. The molecule has 112 valence electrons. The average Bonchev–Trinajstić information content (AvgIpc) is 3.11. The maximum absolute atomic E-state index is 12.7. The molecule has 0 amide bonds. The lowest BCUT2D eigenvalue weighted by Gasteiger charge is -2.06. The molecule has 0 N–H and O–H groups in total. The molecule has 3 rings (SSSR count). The van der Waals surface area contributed by atoms with Gasteiger partial charge in [-0.2, -0.15) is 0 Å². The minimum Gasteiger partial charge on any atom is -0.300 e. The molecule has 0 bridgehead atoms. The summed E-state index contributed by atoms with van der Waals surface area (Å²) in [6.45, 7) is 8.31. The highest BCUT2D eigenvalue weighted by atomic mass is 32.2. The van der Waals surface area contributed by atoms with E-state index in [0.29, 0.717) is 23.4 Å². The van der Waals surface area contributed by atoms with Crippen LogP contribution in [0.2, 0.25) is 0 Å². The molecule has 2 aromatic rings. The van der Waals surface area contributed by atoms with E-state index in [2.05, 4.69) is 21.8 Å². The molecule has 1 unspecified atom stereocenters. The van der Waals surface area contributed by atoms with Gasteiger partial charge in [-0.15, -0.1) is 28.1 Å². The summed E-state index contributed by atoms with van der Waals surface area (Å²) < 4.78 is 14.6. The number of aromatic nitrogens is 4. The average molecular weight is 322 g/mol. The summed E-state index contributed by atoms with van der Waals surface area (Å²) in [6.07, 6.45) is 4.10. The van der Waals surface area contributed by atoms with Gasteiger partial charge in [0.05, 0.1) is 27.3 Å². The second kappa shape index (κ2) is 5.81. The van der Waals surface area contributed by atoms with Crippen LogP contribution in [0.25, 0.3) is 0 Å². The van der Waals surface area contributed by atoms with E-state index in [0.717, 1.165) is 34.2 Å². The minimum atomic E-state index is -1.20. The Labute approximate surface area is 130 Å². The molecule has 0 aliphatic heterocycles. The standard InChI is InChI=1S/C14H18N4OS2/c1-4-7-18-13(11-5-6-11)16-17-14(18)21(19)8-12-9(2)15-10(3)20-12/h4,11H,1,5-8H2,2-3H3. The van der Waals surface area contributed by atoms with Crippen LogP contribution in [0.15, 0.2) is 17.8 Å². The molecule has 5 nitrogen and oxygen atoms in total. The second-order valence-electron chi connectivity index (χ2n) is 5.25. The van der Waals surface area contributed by atoms with Crippen LogP contribution in [0.5, 0.6) is 0 Å². The van der Waals surface area contributed by atoms with Crippen LogP contribution in [0.1, 0.15) is 40.2 Å². The van der Waals surface area contributed by atoms with E-state index in [4.69, 9.17) is 0 Å². The van der Waals surface area contributed by atoms with Crippen LogP contribution in [0.4, 0.5) is 0 Å². The molecule has 21 heavy (non-hydrogen) atoms. The van der Waals surface area contributed by atoms with E-state index in [9.17, 15) is 4.21 Å². The van der Waals surface area contributed by atoms with Crippen molar-refractivity contribution in [1.82, 2.24) is 19.7 Å². The van der Waals surface area contributed by atoms with Crippen molar-refractivity contribution in [3.8, 4) is 0 Å². The molecule has 1 fully saturated rings. The minimum absolute atomic E-state index is 0.456. The van der Waals surface area contributed by atoms with Crippen LogP contribution < -0.4 is 0 Å². The van der Waals surface area contributed by atoms with Gasteiger partial charge in [0.15, 0.2) is 0 Å². The molecule has 1 saturated carbocycles. The van der Waals surface area contributed by atoms with Crippen LogP contribution in [0.3, 0.4) is 0 Å². The van der Waals surface area contributed by atoms with Gasteiger partial charge in [-0.05, 0) is 26.7 Å². The van der Waals surface area contributed by atoms with Crippen molar-refractivity contribution in [2.75, 3.05) is 0 Å². The van der Waals surface area contributed by atoms with E-state index >= 15 is 0 Å². The predicted octanol–water partition coefficient (Wildman–Crippen LogP) is 2.72. The van der Waals surface area contributed by atoms with Crippen LogP contribution in [0, 0.1) is 13.8 Å². The summed E-state index contributed by atoms with van der Waals surface area (Å²) in [6, 6.07) is 0. The number of allylic oxidation sites excluding steroid dienone is 1. The number of hydrogen-bond donors (Lipinski definition) is 0. The van der Waals surface area contributed by atoms with E-state index in [-0.39, 0.29) is 0 Å². The zero-order valence-electron chi connectivity index (χ0n) is 12.2. The van der Waals surface area contributed by atoms with Gasteiger partial charge in [-0.25, -0.2) is 4.98 Å². The largest absolute Gasteiger partial charge is 0.300 e. The highest BCUT2D eigenvalue weighted by Gasteiger charge is 2.31. The van der Waals surface area contributed by atoms with Crippen molar-refractivity contribution in [2.24, 2.45) is 0 Å². The first-order valence-electron chi connectivity index (χ1n) is 6.95. The van der Waals surface area contributed by atoms with Gasteiger partial charge in [-0.3, -0.25) is 8.78 Å². The Morgan fingerprint density at radius 3 is 2.76 bits per heavy atom. The maximum atomic E-state index is 12.7. The third-order valence-corrected chi connectivity index (χ3v) is 5.98. The number of nitrogens with zero attached hydrogens (tertiary/aromatic N) is 4. The van der Waals surface area contributed by atoms with Gasteiger partial charge in [0, 0.05) is 17.3 Å². The van der Waals surface area contributed by atoms with Crippen LogP contribution in [-0.4, -0.2) is 24.0 Å². The van der Waals surface area contributed by atoms with Crippen molar-refractivity contribution in [2.45, 2.75) is 50.1 Å². The summed E-state index contributed by atoms with van der Waals surface area (Å²) in [5, 5.41) is 9.99. The Hall–Kier alpha value is -1.34. The zero-order valence-corrected chi connectivity index (χ0v) is 13.8. The molecule has 0 radical (unpaired) electrons. The van der Waals surface area contributed by atoms with Crippen molar-refractivity contribution in [1.29, 1.82) is 0 Å². The van der Waals surface area contributed by atoms with Crippen molar-refractivity contribution in [3.05, 3.63) is 34.1 Å². The second-order valence-corrected chi connectivity index (χ2v) is 7.88. The molecule has 1 atom stereocenters. The SMILES string of the molecule is C=CCn1c(C2CC2)nnc1S(=O)Cc1sc(C)nc1C. The van der Waals surface area contributed by atoms with E-state index in [1.807, 2.05) is 18.4 Å². The fourth-order valence-electron chi connectivity index (χ4n) is 2.30. The van der Waals surface area contributed by atoms with Crippen LogP contribution >= 0.6 is 11.3 Å². The van der Waals surface area contributed by atoms with Crippen molar-refractivity contribution >= 4 is 22.1 Å². The Morgan fingerprint density at radius 1 is 1.43 bits per heavy atom. The van der Waals surface area contributed by atoms with E-state index in [1.54, 1.807) is 17.4 Å².